The second kappa shape index (κ2) is 6.06. The molecule has 3 aromatic rings. The molecule has 1 saturated carbocycles. The summed E-state index contributed by atoms with van der Waals surface area (Å²) in [6.45, 7) is 0.438. The van der Waals surface area contributed by atoms with E-state index in [2.05, 4.69) is 10.1 Å². The number of non-ortho nitro benzene ring substituents is 1. The van der Waals surface area contributed by atoms with Crippen molar-refractivity contribution >= 4 is 23.0 Å². The SMILES string of the molecule is O=[N+]([O-])c1cccc(CN(c2ccc3ncc([N+](=O)[O-])n3n2)C2CC2)c1. The van der Waals surface area contributed by atoms with Crippen LogP contribution >= 0.6 is 0 Å². The molecule has 2 aromatic heterocycles. The molecule has 0 saturated heterocycles. The minimum absolute atomic E-state index is 0.0342. The number of fused-ring (bicyclic) bond motifs is 1. The maximum atomic E-state index is 11.1. The topological polar surface area (TPSA) is 120 Å². The summed E-state index contributed by atoms with van der Waals surface area (Å²) < 4.78 is 1.21. The minimum atomic E-state index is -0.529. The molecule has 0 spiro atoms. The number of nitrogens with zero attached hydrogens (tertiary/aromatic N) is 6. The normalized spacial score (nSPS) is 13.7. The first-order valence-corrected chi connectivity index (χ1v) is 8.02. The molecule has 0 amide bonds. The molecule has 1 aliphatic carbocycles. The number of nitro groups is 2. The fraction of sp³-hybridized carbons (Fsp3) is 0.250. The Bertz CT molecular complexity index is 1010. The first-order chi connectivity index (χ1) is 12.5. The van der Waals surface area contributed by atoms with Gasteiger partial charge in [-0.05, 0) is 29.4 Å². The van der Waals surface area contributed by atoms with Crippen molar-refractivity contribution in [1.29, 1.82) is 0 Å². The highest BCUT2D eigenvalue weighted by Gasteiger charge is 2.31. The molecule has 2 heterocycles. The lowest BCUT2D eigenvalue weighted by molar-refractivity contribution is -0.391. The quantitative estimate of drug-likeness (QED) is 0.493. The average molecular weight is 354 g/mol. The summed E-state index contributed by atoms with van der Waals surface area (Å²) in [6.07, 6.45) is 3.15. The van der Waals surface area contributed by atoms with E-state index in [4.69, 9.17) is 0 Å². The van der Waals surface area contributed by atoms with E-state index in [0.29, 0.717) is 18.0 Å². The zero-order chi connectivity index (χ0) is 18.3. The molecule has 0 aliphatic heterocycles. The summed E-state index contributed by atoms with van der Waals surface area (Å²) in [6, 6.07) is 10.2. The van der Waals surface area contributed by atoms with Crippen molar-refractivity contribution in [1.82, 2.24) is 14.6 Å². The van der Waals surface area contributed by atoms with Crippen molar-refractivity contribution in [2.45, 2.75) is 25.4 Å². The monoisotopic (exact) mass is 354 g/mol. The van der Waals surface area contributed by atoms with Crippen LogP contribution in [0, 0.1) is 20.2 Å². The number of imidazole rings is 1. The van der Waals surface area contributed by atoms with Gasteiger partial charge in [0.15, 0.2) is 5.82 Å². The predicted molar refractivity (Wildman–Crippen MR) is 91.9 cm³/mol. The molecule has 1 fully saturated rings. The molecule has 1 aromatic carbocycles. The van der Waals surface area contributed by atoms with Crippen molar-refractivity contribution < 1.29 is 9.85 Å². The first-order valence-electron chi connectivity index (χ1n) is 8.02. The van der Waals surface area contributed by atoms with Crippen LogP contribution in [0.3, 0.4) is 0 Å². The Morgan fingerprint density at radius 1 is 1.15 bits per heavy atom. The van der Waals surface area contributed by atoms with Crippen LogP contribution in [0.15, 0.2) is 42.6 Å². The molecule has 132 valence electrons. The van der Waals surface area contributed by atoms with Crippen LogP contribution in [0.1, 0.15) is 18.4 Å². The lowest BCUT2D eigenvalue weighted by atomic mass is 10.2. The van der Waals surface area contributed by atoms with Crippen molar-refractivity contribution in [3.05, 3.63) is 68.4 Å². The van der Waals surface area contributed by atoms with E-state index in [0.717, 1.165) is 18.4 Å². The number of hydrogen-bond donors (Lipinski definition) is 0. The first kappa shape index (κ1) is 15.9. The van der Waals surface area contributed by atoms with Crippen LogP contribution in [0.5, 0.6) is 0 Å². The summed E-state index contributed by atoms with van der Waals surface area (Å²) in [5, 5.41) is 26.5. The highest BCUT2D eigenvalue weighted by molar-refractivity contribution is 5.51. The molecule has 0 N–H and O–H groups in total. The smallest absolute Gasteiger partial charge is 0.358 e. The highest BCUT2D eigenvalue weighted by atomic mass is 16.6. The van der Waals surface area contributed by atoms with Crippen LogP contribution in [-0.2, 0) is 6.54 Å². The maximum absolute atomic E-state index is 11.1. The Labute approximate surface area is 147 Å². The van der Waals surface area contributed by atoms with Crippen LogP contribution in [0.25, 0.3) is 5.65 Å². The number of aromatic nitrogens is 3. The second-order valence-corrected chi connectivity index (χ2v) is 6.12. The predicted octanol–water partition coefficient (Wildman–Crippen LogP) is 2.71. The average Bonchev–Trinajstić information content (AvgIpc) is 3.37. The molecule has 26 heavy (non-hydrogen) atoms. The third-order valence-electron chi connectivity index (χ3n) is 4.27. The molecule has 10 nitrogen and oxygen atoms in total. The Morgan fingerprint density at radius 2 is 1.96 bits per heavy atom. The van der Waals surface area contributed by atoms with Gasteiger partial charge < -0.3 is 15.0 Å². The summed E-state index contributed by atoms with van der Waals surface area (Å²) in [7, 11) is 0. The Hall–Kier alpha value is -3.56. The summed E-state index contributed by atoms with van der Waals surface area (Å²) in [5.41, 5.74) is 1.21. The van der Waals surface area contributed by atoms with E-state index in [1.807, 2.05) is 11.0 Å². The van der Waals surface area contributed by atoms with Gasteiger partial charge in [0.2, 0.25) is 5.65 Å². The van der Waals surface area contributed by atoms with Gasteiger partial charge in [-0.1, -0.05) is 21.7 Å². The van der Waals surface area contributed by atoms with Gasteiger partial charge in [-0.3, -0.25) is 10.1 Å². The van der Waals surface area contributed by atoms with Crippen molar-refractivity contribution in [2.75, 3.05) is 4.90 Å². The molecule has 1 aliphatic rings. The standard InChI is InChI=1S/C16H14N6O4/c23-21(24)13-3-1-2-11(8-13)10-19(12-4-5-12)15-7-6-14-17-9-16(22(25)26)20(14)18-15/h1-3,6-9,12H,4-5,10H2. The molecule has 4 rings (SSSR count). The van der Waals surface area contributed by atoms with Crippen molar-refractivity contribution in [2.24, 2.45) is 0 Å². The molecule has 0 unspecified atom stereocenters. The number of rotatable bonds is 6. The lowest BCUT2D eigenvalue weighted by Gasteiger charge is -2.22. The zero-order valence-corrected chi connectivity index (χ0v) is 13.6. The summed E-state index contributed by atoms with van der Waals surface area (Å²) in [4.78, 5) is 27.1. The highest BCUT2D eigenvalue weighted by Crippen LogP contribution is 2.33. The zero-order valence-electron chi connectivity index (χ0n) is 13.6. The van der Waals surface area contributed by atoms with Crippen LogP contribution in [0.2, 0.25) is 0 Å². The molecule has 0 bridgehead atoms. The van der Waals surface area contributed by atoms with E-state index in [1.165, 1.54) is 22.8 Å². The fourth-order valence-corrected chi connectivity index (χ4v) is 2.88. The van der Waals surface area contributed by atoms with Crippen molar-refractivity contribution in [3.63, 3.8) is 0 Å². The van der Waals surface area contributed by atoms with E-state index in [1.54, 1.807) is 18.2 Å². The van der Waals surface area contributed by atoms with Gasteiger partial charge in [0.25, 0.3) is 5.69 Å². The molecule has 10 heteroatoms. The lowest BCUT2D eigenvalue weighted by Crippen LogP contribution is -2.26. The van der Waals surface area contributed by atoms with E-state index in [-0.39, 0.29) is 17.5 Å². The van der Waals surface area contributed by atoms with Crippen molar-refractivity contribution in [3.8, 4) is 0 Å². The third kappa shape index (κ3) is 2.92. The number of hydrogen-bond acceptors (Lipinski definition) is 7. The summed E-state index contributed by atoms with van der Waals surface area (Å²) in [5.74, 6) is 0.376. The van der Waals surface area contributed by atoms with Gasteiger partial charge in [0, 0.05) is 30.8 Å². The molecule has 0 atom stereocenters. The van der Waals surface area contributed by atoms with Crippen LogP contribution < -0.4 is 4.90 Å². The van der Waals surface area contributed by atoms with Gasteiger partial charge >= 0.3 is 5.82 Å². The third-order valence-corrected chi connectivity index (χ3v) is 4.27. The molecule has 0 radical (unpaired) electrons. The van der Waals surface area contributed by atoms with E-state index in [9.17, 15) is 20.2 Å². The van der Waals surface area contributed by atoms with Gasteiger partial charge in [-0.25, -0.2) is 4.98 Å². The van der Waals surface area contributed by atoms with Gasteiger partial charge in [-0.2, -0.15) is 0 Å². The number of nitro benzene ring substituents is 1. The van der Waals surface area contributed by atoms with Crippen LogP contribution in [-0.4, -0.2) is 30.5 Å². The molecular formula is C16H14N6O4. The van der Waals surface area contributed by atoms with Crippen LogP contribution in [0.4, 0.5) is 17.3 Å². The van der Waals surface area contributed by atoms with E-state index < -0.39 is 9.85 Å². The van der Waals surface area contributed by atoms with Gasteiger partial charge in [0.1, 0.15) is 6.20 Å². The Balaban J connectivity index is 1.70. The van der Waals surface area contributed by atoms with Gasteiger partial charge in [-0.15, -0.1) is 0 Å². The minimum Gasteiger partial charge on any atom is -0.358 e. The van der Waals surface area contributed by atoms with Gasteiger partial charge in [0.05, 0.1) is 4.92 Å². The van der Waals surface area contributed by atoms with E-state index >= 15 is 0 Å². The largest absolute Gasteiger partial charge is 0.368 e. The fourth-order valence-electron chi connectivity index (χ4n) is 2.88. The molecular weight excluding hydrogens is 340 g/mol. The summed E-state index contributed by atoms with van der Waals surface area (Å²) >= 11 is 0. The number of anilines is 1. The Kier molecular flexibility index (Phi) is 3.72. The Morgan fingerprint density at radius 3 is 2.65 bits per heavy atom. The number of benzene rings is 1. The second-order valence-electron chi connectivity index (χ2n) is 6.12. The maximum Gasteiger partial charge on any atom is 0.368 e.